The lowest BCUT2D eigenvalue weighted by Gasteiger charge is -1.98. The van der Waals surface area contributed by atoms with Crippen molar-refractivity contribution in [1.82, 2.24) is 0 Å². The van der Waals surface area contributed by atoms with E-state index in [1.807, 2.05) is 0 Å². The minimum atomic E-state index is -1.02. The van der Waals surface area contributed by atoms with Gasteiger partial charge in [0.2, 0.25) is 0 Å². The SMILES string of the molecule is O=C(O)c1cccc(N=Nc2ccc(O)c(Cl)c2)c1. The highest BCUT2D eigenvalue weighted by Gasteiger charge is 2.03. The second-order valence-electron chi connectivity index (χ2n) is 3.69. The topological polar surface area (TPSA) is 82.2 Å². The van der Waals surface area contributed by atoms with E-state index in [1.165, 1.54) is 24.3 Å². The molecule has 0 saturated heterocycles. The maximum Gasteiger partial charge on any atom is 0.335 e. The lowest BCUT2D eigenvalue weighted by molar-refractivity contribution is 0.0697. The van der Waals surface area contributed by atoms with Crippen LogP contribution in [0, 0.1) is 0 Å². The largest absolute Gasteiger partial charge is 0.506 e. The van der Waals surface area contributed by atoms with Crippen molar-refractivity contribution in [2.24, 2.45) is 10.2 Å². The van der Waals surface area contributed by atoms with Crippen molar-refractivity contribution >= 4 is 28.9 Å². The molecule has 0 atom stereocenters. The fourth-order valence-corrected chi connectivity index (χ4v) is 1.55. The summed E-state index contributed by atoms with van der Waals surface area (Å²) in [5, 5.41) is 26.1. The number of carboxylic acids is 1. The van der Waals surface area contributed by atoms with E-state index in [0.29, 0.717) is 11.4 Å². The van der Waals surface area contributed by atoms with Crippen LogP contribution in [0.5, 0.6) is 5.75 Å². The van der Waals surface area contributed by atoms with Crippen LogP contribution in [-0.2, 0) is 0 Å². The second-order valence-corrected chi connectivity index (χ2v) is 4.10. The van der Waals surface area contributed by atoms with E-state index in [4.69, 9.17) is 16.7 Å². The summed E-state index contributed by atoms with van der Waals surface area (Å²) in [5.41, 5.74) is 1.02. The normalized spacial score (nSPS) is 10.8. The molecular formula is C13H9ClN2O3. The Kier molecular flexibility index (Phi) is 3.77. The van der Waals surface area contributed by atoms with Gasteiger partial charge in [0.25, 0.3) is 0 Å². The summed E-state index contributed by atoms with van der Waals surface area (Å²) in [6.07, 6.45) is 0. The van der Waals surface area contributed by atoms with Crippen LogP contribution in [0.1, 0.15) is 10.4 Å². The van der Waals surface area contributed by atoms with Crippen molar-refractivity contribution in [2.45, 2.75) is 0 Å². The van der Waals surface area contributed by atoms with Crippen molar-refractivity contribution in [1.29, 1.82) is 0 Å². The first-order valence-electron chi connectivity index (χ1n) is 5.30. The molecular weight excluding hydrogens is 268 g/mol. The van der Waals surface area contributed by atoms with Crippen LogP contribution >= 0.6 is 11.6 Å². The summed E-state index contributed by atoms with van der Waals surface area (Å²) >= 11 is 5.73. The molecule has 0 spiro atoms. The van der Waals surface area contributed by atoms with Gasteiger partial charge >= 0.3 is 5.97 Å². The van der Waals surface area contributed by atoms with Gasteiger partial charge in [0.1, 0.15) is 5.75 Å². The highest BCUT2D eigenvalue weighted by Crippen LogP contribution is 2.28. The Balaban J connectivity index is 2.24. The molecule has 2 aromatic carbocycles. The minimum Gasteiger partial charge on any atom is -0.506 e. The number of aromatic carboxylic acids is 1. The molecule has 6 heteroatoms. The number of carbonyl (C=O) groups is 1. The number of azo groups is 1. The third-order valence-corrected chi connectivity index (χ3v) is 2.61. The molecule has 0 amide bonds. The average molecular weight is 277 g/mol. The summed E-state index contributed by atoms with van der Waals surface area (Å²) in [6.45, 7) is 0. The van der Waals surface area contributed by atoms with Crippen molar-refractivity contribution in [2.75, 3.05) is 0 Å². The molecule has 0 aliphatic rings. The number of benzene rings is 2. The van der Waals surface area contributed by atoms with Crippen LogP contribution in [0.15, 0.2) is 52.7 Å². The third kappa shape index (κ3) is 3.29. The fraction of sp³-hybridized carbons (Fsp3) is 0. The van der Waals surface area contributed by atoms with E-state index >= 15 is 0 Å². The Morgan fingerprint density at radius 1 is 1.05 bits per heavy atom. The van der Waals surface area contributed by atoms with Crippen LogP contribution in [0.3, 0.4) is 0 Å². The number of phenols is 1. The molecule has 0 aromatic heterocycles. The molecule has 0 unspecified atom stereocenters. The lowest BCUT2D eigenvalue weighted by Crippen LogP contribution is -1.94. The van der Waals surface area contributed by atoms with Crippen LogP contribution in [0.4, 0.5) is 11.4 Å². The highest BCUT2D eigenvalue weighted by molar-refractivity contribution is 6.32. The quantitative estimate of drug-likeness (QED) is 0.826. The van der Waals surface area contributed by atoms with Crippen molar-refractivity contribution in [3.63, 3.8) is 0 Å². The van der Waals surface area contributed by atoms with Gasteiger partial charge in [-0.25, -0.2) is 4.79 Å². The van der Waals surface area contributed by atoms with Gasteiger partial charge in [-0.05, 0) is 36.4 Å². The van der Waals surface area contributed by atoms with E-state index in [-0.39, 0.29) is 16.3 Å². The summed E-state index contributed by atoms with van der Waals surface area (Å²) in [5.74, 6) is -1.06. The van der Waals surface area contributed by atoms with Gasteiger partial charge < -0.3 is 10.2 Å². The molecule has 0 aliphatic carbocycles. The minimum absolute atomic E-state index is 0.0338. The van der Waals surface area contributed by atoms with E-state index < -0.39 is 5.97 Å². The number of rotatable bonds is 3. The van der Waals surface area contributed by atoms with E-state index in [1.54, 1.807) is 18.2 Å². The Hall–Kier alpha value is -2.40. The molecule has 0 aliphatic heterocycles. The first kappa shape index (κ1) is 13.0. The van der Waals surface area contributed by atoms with Crippen LogP contribution in [0.2, 0.25) is 5.02 Å². The van der Waals surface area contributed by atoms with Crippen molar-refractivity contribution in [3.05, 3.63) is 53.1 Å². The number of nitrogens with zero attached hydrogens (tertiary/aromatic N) is 2. The summed E-state index contributed by atoms with van der Waals surface area (Å²) < 4.78 is 0. The van der Waals surface area contributed by atoms with Crippen molar-refractivity contribution in [3.8, 4) is 5.75 Å². The number of phenolic OH excluding ortho intramolecular Hbond substituents is 1. The van der Waals surface area contributed by atoms with Gasteiger partial charge in [-0.15, -0.1) is 0 Å². The first-order chi connectivity index (χ1) is 9.06. The molecule has 19 heavy (non-hydrogen) atoms. The predicted molar refractivity (Wildman–Crippen MR) is 70.7 cm³/mol. The van der Waals surface area contributed by atoms with Crippen LogP contribution < -0.4 is 0 Å². The standard InChI is InChI=1S/C13H9ClN2O3/c14-11-7-10(4-5-12(11)17)16-15-9-3-1-2-8(6-9)13(18)19/h1-7,17H,(H,18,19). The second kappa shape index (κ2) is 5.49. The summed E-state index contributed by atoms with van der Waals surface area (Å²) in [7, 11) is 0. The Labute approximate surface area is 113 Å². The van der Waals surface area contributed by atoms with Crippen LogP contribution in [-0.4, -0.2) is 16.2 Å². The molecule has 0 radical (unpaired) electrons. The third-order valence-electron chi connectivity index (χ3n) is 2.31. The van der Waals surface area contributed by atoms with Crippen molar-refractivity contribution < 1.29 is 15.0 Å². The lowest BCUT2D eigenvalue weighted by atomic mass is 10.2. The highest BCUT2D eigenvalue weighted by atomic mass is 35.5. The number of halogens is 1. The number of carboxylic acid groups (broad SMARTS) is 1. The number of hydrogen-bond acceptors (Lipinski definition) is 4. The van der Waals surface area contributed by atoms with Gasteiger partial charge in [0.15, 0.2) is 0 Å². The van der Waals surface area contributed by atoms with Crippen LogP contribution in [0.25, 0.3) is 0 Å². The van der Waals surface area contributed by atoms with Gasteiger partial charge in [-0.2, -0.15) is 10.2 Å². The monoisotopic (exact) mass is 276 g/mol. The molecule has 2 N–H and O–H groups in total. The summed E-state index contributed by atoms with van der Waals surface area (Å²) in [4.78, 5) is 10.8. The van der Waals surface area contributed by atoms with Gasteiger partial charge in [-0.3, -0.25) is 0 Å². The molecule has 5 nitrogen and oxygen atoms in total. The Bertz CT molecular complexity index is 656. The zero-order valence-corrected chi connectivity index (χ0v) is 10.4. The van der Waals surface area contributed by atoms with Gasteiger partial charge in [0, 0.05) is 0 Å². The molecule has 0 heterocycles. The maximum absolute atomic E-state index is 10.8. The molecule has 96 valence electrons. The Morgan fingerprint density at radius 3 is 2.37 bits per heavy atom. The average Bonchev–Trinajstić information content (AvgIpc) is 2.40. The molecule has 2 rings (SSSR count). The van der Waals surface area contributed by atoms with E-state index in [9.17, 15) is 9.90 Å². The van der Waals surface area contributed by atoms with Gasteiger partial charge in [0.05, 0.1) is 22.0 Å². The zero-order chi connectivity index (χ0) is 13.8. The van der Waals surface area contributed by atoms with E-state index in [2.05, 4.69) is 10.2 Å². The first-order valence-corrected chi connectivity index (χ1v) is 5.67. The number of aromatic hydroxyl groups is 1. The molecule has 2 aromatic rings. The predicted octanol–water partition coefficient (Wildman–Crippen LogP) is 4.16. The number of hydrogen-bond donors (Lipinski definition) is 2. The maximum atomic E-state index is 10.8. The molecule has 0 saturated carbocycles. The molecule has 0 fully saturated rings. The molecule has 0 bridgehead atoms. The summed E-state index contributed by atoms with van der Waals surface area (Å²) in [6, 6.07) is 10.5. The fourth-order valence-electron chi connectivity index (χ4n) is 1.37. The smallest absolute Gasteiger partial charge is 0.335 e. The van der Waals surface area contributed by atoms with Gasteiger partial charge in [-0.1, -0.05) is 17.7 Å². The van der Waals surface area contributed by atoms with E-state index in [0.717, 1.165) is 0 Å². The Morgan fingerprint density at radius 2 is 1.74 bits per heavy atom. The zero-order valence-electron chi connectivity index (χ0n) is 9.62.